The van der Waals surface area contributed by atoms with Crippen molar-refractivity contribution in [2.45, 2.75) is 49.3 Å². The molecule has 2 aromatic carbocycles. The number of ketones is 2. The number of rotatable bonds is 6. The molecule has 0 aromatic heterocycles. The van der Waals surface area contributed by atoms with Crippen molar-refractivity contribution in [1.82, 2.24) is 0 Å². The van der Waals surface area contributed by atoms with E-state index in [9.17, 15) is 18.0 Å². The number of carbonyl (C=O) groups is 2. The second kappa shape index (κ2) is 8.79. The van der Waals surface area contributed by atoms with Crippen molar-refractivity contribution < 1.29 is 18.0 Å². The molecule has 2 aliphatic carbocycles. The first-order valence-electron chi connectivity index (χ1n) is 11.1. The van der Waals surface area contributed by atoms with E-state index in [1.54, 1.807) is 42.1 Å². The molecule has 2 saturated carbocycles. The normalized spacial score (nSPS) is 24.7. The molecule has 2 aliphatic rings. The molecule has 0 radical (unpaired) electrons. The summed E-state index contributed by atoms with van der Waals surface area (Å²) in [6, 6.07) is 18.5. The van der Waals surface area contributed by atoms with Gasteiger partial charge in [0.2, 0.25) is 0 Å². The minimum absolute atomic E-state index is 0.00666. The van der Waals surface area contributed by atoms with Gasteiger partial charge in [-0.25, -0.2) is 8.42 Å². The van der Waals surface area contributed by atoms with Gasteiger partial charge in [0, 0.05) is 23.5 Å². The highest BCUT2D eigenvalue weighted by Gasteiger charge is 2.58. The zero-order valence-electron chi connectivity index (χ0n) is 18.6. The summed E-state index contributed by atoms with van der Waals surface area (Å²) >= 11 is 1.68. The van der Waals surface area contributed by atoms with Gasteiger partial charge in [-0.2, -0.15) is 0 Å². The standard InChI is InChI=1S/C26H30O4S2/c1-25(2)15-23(27)26(24(28)16-25)13-19(17-31-21-9-5-3-6-10-21)20(14-26)18-32(29,30)22-11-7-4-8-12-22/h3-12,19-20H,13-18H2,1-2H3. The molecular weight excluding hydrogens is 440 g/mol. The summed E-state index contributed by atoms with van der Waals surface area (Å²) in [4.78, 5) is 28.0. The molecule has 1 spiro atoms. The molecule has 4 rings (SSSR count). The van der Waals surface area contributed by atoms with Crippen molar-refractivity contribution in [3.63, 3.8) is 0 Å². The predicted molar refractivity (Wildman–Crippen MR) is 127 cm³/mol. The van der Waals surface area contributed by atoms with Crippen LogP contribution in [0.5, 0.6) is 0 Å². The van der Waals surface area contributed by atoms with Gasteiger partial charge in [0.25, 0.3) is 0 Å². The Morgan fingerprint density at radius 3 is 1.97 bits per heavy atom. The maximum absolute atomic E-state index is 13.3. The van der Waals surface area contributed by atoms with E-state index < -0.39 is 15.3 Å². The largest absolute Gasteiger partial charge is 0.299 e. The summed E-state index contributed by atoms with van der Waals surface area (Å²) in [5.74, 6) is 0.465. The molecule has 32 heavy (non-hydrogen) atoms. The van der Waals surface area contributed by atoms with E-state index >= 15 is 0 Å². The van der Waals surface area contributed by atoms with E-state index in [0.29, 0.717) is 36.3 Å². The van der Waals surface area contributed by atoms with Crippen molar-refractivity contribution in [1.29, 1.82) is 0 Å². The Hall–Kier alpha value is -1.92. The maximum Gasteiger partial charge on any atom is 0.178 e. The number of thioether (sulfide) groups is 1. The SMILES string of the molecule is CC1(C)CC(=O)C2(CC(CSc3ccccc3)C(CS(=O)(=O)c3ccccc3)C2)C(=O)C1. The molecule has 0 heterocycles. The first-order chi connectivity index (χ1) is 15.1. The summed E-state index contributed by atoms with van der Waals surface area (Å²) < 4.78 is 26.3. The van der Waals surface area contributed by atoms with E-state index in [1.807, 2.05) is 44.2 Å². The number of hydrogen-bond donors (Lipinski definition) is 0. The van der Waals surface area contributed by atoms with Gasteiger partial charge in [-0.1, -0.05) is 50.2 Å². The quantitative estimate of drug-likeness (QED) is 0.427. The molecule has 170 valence electrons. The van der Waals surface area contributed by atoms with Crippen LogP contribution in [0.15, 0.2) is 70.5 Å². The summed E-state index contributed by atoms with van der Waals surface area (Å²) in [5, 5.41) is 0. The van der Waals surface area contributed by atoms with Crippen LogP contribution < -0.4 is 0 Å². The fourth-order valence-electron chi connectivity index (χ4n) is 5.31. The topological polar surface area (TPSA) is 68.3 Å². The van der Waals surface area contributed by atoms with Gasteiger partial charge in [-0.3, -0.25) is 9.59 Å². The zero-order chi connectivity index (χ0) is 23.0. The predicted octanol–water partition coefficient (Wildman–Crippen LogP) is 5.22. The molecule has 0 aliphatic heterocycles. The average Bonchev–Trinajstić information content (AvgIpc) is 3.11. The smallest absolute Gasteiger partial charge is 0.178 e. The van der Waals surface area contributed by atoms with Crippen molar-refractivity contribution in [2.24, 2.45) is 22.7 Å². The minimum atomic E-state index is -3.50. The molecule has 2 fully saturated rings. The van der Waals surface area contributed by atoms with E-state index in [0.717, 1.165) is 4.90 Å². The van der Waals surface area contributed by atoms with Crippen molar-refractivity contribution >= 4 is 33.2 Å². The van der Waals surface area contributed by atoms with Crippen molar-refractivity contribution in [3.05, 3.63) is 60.7 Å². The number of hydrogen-bond acceptors (Lipinski definition) is 5. The first kappa shape index (κ1) is 23.2. The molecule has 0 amide bonds. The molecule has 2 unspecified atom stereocenters. The van der Waals surface area contributed by atoms with E-state index in [2.05, 4.69) is 0 Å². The van der Waals surface area contributed by atoms with Crippen LogP contribution in [0.25, 0.3) is 0 Å². The first-order valence-corrected chi connectivity index (χ1v) is 13.8. The van der Waals surface area contributed by atoms with Crippen LogP contribution in [0.3, 0.4) is 0 Å². The Kier molecular flexibility index (Phi) is 6.38. The van der Waals surface area contributed by atoms with Gasteiger partial charge < -0.3 is 0 Å². The fraction of sp³-hybridized carbons (Fsp3) is 0.462. The highest BCUT2D eigenvalue weighted by atomic mass is 32.2. The van der Waals surface area contributed by atoms with Crippen LogP contribution in [0, 0.1) is 22.7 Å². The second-order valence-electron chi connectivity index (χ2n) is 10.1. The third-order valence-electron chi connectivity index (χ3n) is 6.98. The summed E-state index contributed by atoms with van der Waals surface area (Å²) in [6.45, 7) is 3.93. The van der Waals surface area contributed by atoms with Gasteiger partial charge >= 0.3 is 0 Å². The monoisotopic (exact) mass is 470 g/mol. The van der Waals surface area contributed by atoms with E-state index in [1.165, 1.54) is 0 Å². The lowest BCUT2D eigenvalue weighted by Gasteiger charge is -2.38. The summed E-state index contributed by atoms with van der Waals surface area (Å²) in [6.07, 6.45) is 1.59. The molecular formula is C26H30O4S2. The van der Waals surface area contributed by atoms with Gasteiger partial charge in [-0.15, -0.1) is 11.8 Å². The molecule has 2 aromatic rings. The average molecular weight is 471 g/mol. The Morgan fingerprint density at radius 2 is 1.38 bits per heavy atom. The van der Waals surface area contributed by atoms with Crippen LogP contribution in [0.1, 0.15) is 39.5 Å². The minimum Gasteiger partial charge on any atom is -0.299 e. The third kappa shape index (κ3) is 4.72. The van der Waals surface area contributed by atoms with Gasteiger partial charge in [0.15, 0.2) is 9.84 Å². The zero-order valence-corrected chi connectivity index (χ0v) is 20.3. The van der Waals surface area contributed by atoms with Gasteiger partial charge in [-0.05, 0) is 54.4 Å². The molecule has 4 nitrogen and oxygen atoms in total. The van der Waals surface area contributed by atoms with Gasteiger partial charge in [0.05, 0.1) is 16.1 Å². The number of sulfone groups is 1. The van der Waals surface area contributed by atoms with E-state index in [4.69, 9.17) is 0 Å². The Bertz CT molecular complexity index is 1070. The van der Waals surface area contributed by atoms with Crippen molar-refractivity contribution in [2.75, 3.05) is 11.5 Å². The number of Topliss-reactive ketones (excluding diaryl/α,β-unsaturated/α-hetero) is 2. The molecule has 0 N–H and O–H groups in total. The van der Waals surface area contributed by atoms with Crippen LogP contribution >= 0.6 is 11.8 Å². The third-order valence-corrected chi connectivity index (χ3v) is 10.0. The molecule has 2 atom stereocenters. The maximum atomic E-state index is 13.3. The van der Waals surface area contributed by atoms with Crippen LogP contribution in [0.2, 0.25) is 0 Å². The lowest BCUT2D eigenvalue weighted by molar-refractivity contribution is -0.148. The molecule has 6 heteroatoms. The van der Waals surface area contributed by atoms with Crippen LogP contribution in [0.4, 0.5) is 0 Å². The Balaban J connectivity index is 1.61. The number of carbonyl (C=O) groups excluding carboxylic acids is 2. The van der Waals surface area contributed by atoms with Crippen LogP contribution in [-0.4, -0.2) is 31.5 Å². The lowest BCUT2D eigenvalue weighted by atomic mass is 9.62. The van der Waals surface area contributed by atoms with Crippen molar-refractivity contribution in [3.8, 4) is 0 Å². The van der Waals surface area contributed by atoms with Gasteiger partial charge in [0.1, 0.15) is 11.6 Å². The number of benzene rings is 2. The summed E-state index contributed by atoms with van der Waals surface area (Å²) in [7, 11) is -3.50. The van der Waals surface area contributed by atoms with E-state index in [-0.39, 0.29) is 34.6 Å². The van der Waals surface area contributed by atoms with Crippen LogP contribution in [-0.2, 0) is 19.4 Å². The highest BCUT2D eigenvalue weighted by Crippen LogP contribution is 2.54. The fourth-order valence-corrected chi connectivity index (χ4v) is 8.17. The second-order valence-corrected chi connectivity index (χ2v) is 13.2. The Labute approximate surface area is 195 Å². The summed E-state index contributed by atoms with van der Waals surface area (Å²) in [5.41, 5.74) is -1.32. The molecule has 0 bridgehead atoms. The lowest BCUT2D eigenvalue weighted by Crippen LogP contribution is -2.46. The molecule has 0 saturated heterocycles. The Morgan fingerprint density at radius 1 is 0.844 bits per heavy atom. The highest BCUT2D eigenvalue weighted by molar-refractivity contribution is 7.99.